The number of imidazole rings is 1. The molecule has 1 aromatic heterocycles. The van der Waals surface area contributed by atoms with Crippen LogP contribution in [0.3, 0.4) is 0 Å². The smallest absolute Gasteiger partial charge is 0.253 e. The van der Waals surface area contributed by atoms with Crippen LogP contribution in [0, 0.1) is 11.8 Å². The Bertz CT molecular complexity index is 1120. The molecule has 0 bridgehead atoms. The Morgan fingerprint density at radius 3 is 2.49 bits per heavy atom. The number of likely N-dealkylation sites (tertiary alicyclic amines) is 1. The summed E-state index contributed by atoms with van der Waals surface area (Å²) in [6, 6.07) is 5.94. The lowest BCUT2D eigenvalue weighted by atomic mass is 9.86. The minimum atomic E-state index is -2.54. The third kappa shape index (κ3) is 5.21. The molecule has 0 radical (unpaired) electrons. The van der Waals surface area contributed by atoms with Crippen LogP contribution in [0.25, 0.3) is 11.0 Å². The monoisotopic (exact) mass is 486 g/mol. The number of carbonyl (C=O) groups is 2. The second kappa shape index (κ2) is 8.86. The summed E-state index contributed by atoms with van der Waals surface area (Å²) < 4.78 is 29.5. The molecule has 35 heavy (non-hydrogen) atoms. The van der Waals surface area contributed by atoms with E-state index >= 15 is 0 Å². The molecule has 2 amide bonds. The number of nitrogens with one attached hydrogen (secondary N) is 1. The average molecular weight is 487 g/mol. The molecular formula is C27H36F2N4O2. The molecule has 2 saturated carbocycles. The summed E-state index contributed by atoms with van der Waals surface area (Å²) in [5, 5.41) is 3.05. The number of rotatable bonds is 5. The second-order valence-electron chi connectivity index (χ2n) is 11.8. The van der Waals surface area contributed by atoms with Crippen LogP contribution in [-0.4, -0.2) is 51.3 Å². The topological polar surface area (TPSA) is 67.2 Å². The van der Waals surface area contributed by atoms with Gasteiger partial charge in [-0.25, -0.2) is 13.8 Å². The minimum Gasteiger partial charge on any atom is -0.353 e. The Hall–Kier alpha value is -2.51. The first-order valence-electron chi connectivity index (χ1n) is 13.0. The van der Waals surface area contributed by atoms with Gasteiger partial charge in [0.25, 0.3) is 5.91 Å². The number of alkyl halides is 2. The van der Waals surface area contributed by atoms with Gasteiger partial charge in [-0.3, -0.25) is 9.59 Å². The highest BCUT2D eigenvalue weighted by Crippen LogP contribution is 2.38. The molecule has 1 N–H and O–H groups in total. The zero-order valence-corrected chi connectivity index (χ0v) is 20.9. The van der Waals surface area contributed by atoms with E-state index in [1.54, 1.807) is 4.90 Å². The summed E-state index contributed by atoms with van der Waals surface area (Å²) in [6.45, 7) is 7.99. The van der Waals surface area contributed by atoms with Crippen molar-refractivity contribution in [2.24, 2.45) is 11.8 Å². The van der Waals surface area contributed by atoms with Crippen molar-refractivity contribution in [3.8, 4) is 0 Å². The van der Waals surface area contributed by atoms with Gasteiger partial charge in [-0.1, -0.05) is 20.8 Å². The molecule has 1 aromatic carbocycles. The Morgan fingerprint density at radius 2 is 1.83 bits per heavy atom. The number of amides is 2. The van der Waals surface area contributed by atoms with Crippen LogP contribution in [0.15, 0.2) is 18.2 Å². The number of benzene rings is 1. The van der Waals surface area contributed by atoms with E-state index in [4.69, 9.17) is 4.98 Å². The molecule has 8 heteroatoms. The van der Waals surface area contributed by atoms with Gasteiger partial charge in [0.05, 0.1) is 17.0 Å². The third-order valence-corrected chi connectivity index (χ3v) is 7.71. The van der Waals surface area contributed by atoms with E-state index in [2.05, 4.69) is 30.7 Å². The largest absolute Gasteiger partial charge is 0.353 e. The van der Waals surface area contributed by atoms with Crippen molar-refractivity contribution in [1.82, 2.24) is 19.8 Å². The third-order valence-electron chi connectivity index (χ3n) is 7.71. The highest BCUT2D eigenvalue weighted by molar-refractivity contribution is 5.98. The van der Waals surface area contributed by atoms with Gasteiger partial charge in [-0.05, 0) is 56.2 Å². The van der Waals surface area contributed by atoms with Gasteiger partial charge in [-0.15, -0.1) is 0 Å². The molecular weight excluding hydrogens is 450 g/mol. The Kier molecular flexibility index (Phi) is 6.12. The molecule has 5 rings (SSSR count). The highest BCUT2D eigenvalue weighted by atomic mass is 19.3. The van der Waals surface area contributed by atoms with E-state index < -0.39 is 5.92 Å². The van der Waals surface area contributed by atoms with Crippen LogP contribution in [0.1, 0.15) is 81.9 Å². The van der Waals surface area contributed by atoms with Crippen LogP contribution in [0.4, 0.5) is 8.78 Å². The Balaban J connectivity index is 1.35. The van der Waals surface area contributed by atoms with Crippen LogP contribution in [-0.2, 0) is 16.8 Å². The quantitative estimate of drug-likeness (QED) is 0.654. The maximum atomic E-state index is 13.7. The molecule has 1 atom stereocenters. The Morgan fingerprint density at radius 1 is 1.11 bits per heavy atom. The lowest BCUT2D eigenvalue weighted by Crippen LogP contribution is -2.35. The van der Waals surface area contributed by atoms with E-state index in [0.29, 0.717) is 50.5 Å². The van der Waals surface area contributed by atoms with Crippen molar-refractivity contribution in [1.29, 1.82) is 0 Å². The summed E-state index contributed by atoms with van der Waals surface area (Å²) >= 11 is 0. The Labute approximate surface area is 205 Å². The van der Waals surface area contributed by atoms with Crippen LogP contribution >= 0.6 is 0 Å². The average Bonchev–Trinajstić information content (AvgIpc) is 3.33. The van der Waals surface area contributed by atoms with Crippen LogP contribution < -0.4 is 5.32 Å². The van der Waals surface area contributed by atoms with Crippen molar-refractivity contribution in [3.05, 3.63) is 29.6 Å². The highest BCUT2D eigenvalue weighted by Gasteiger charge is 2.36. The molecule has 0 spiro atoms. The molecule has 2 aliphatic carbocycles. The van der Waals surface area contributed by atoms with Gasteiger partial charge in [0.1, 0.15) is 5.82 Å². The number of hydrogen-bond donors (Lipinski definition) is 1. The number of hydrogen-bond acceptors (Lipinski definition) is 3. The van der Waals surface area contributed by atoms with Gasteiger partial charge >= 0.3 is 0 Å². The summed E-state index contributed by atoms with van der Waals surface area (Å²) in [5.41, 5.74) is 2.04. The van der Waals surface area contributed by atoms with Gasteiger partial charge < -0.3 is 14.8 Å². The first-order valence-corrected chi connectivity index (χ1v) is 13.0. The van der Waals surface area contributed by atoms with Gasteiger partial charge in [0.15, 0.2) is 0 Å². The van der Waals surface area contributed by atoms with Gasteiger partial charge in [0, 0.05) is 49.5 Å². The second-order valence-corrected chi connectivity index (χ2v) is 11.8. The van der Waals surface area contributed by atoms with Crippen molar-refractivity contribution < 1.29 is 18.4 Å². The molecule has 2 heterocycles. The van der Waals surface area contributed by atoms with Crippen LogP contribution in [0.2, 0.25) is 0 Å². The molecule has 1 unspecified atom stereocenters. The fourth-order valence-electron chi connectivity index (χ4n) is 5.45. The number of fused-ring (bicyclic) bond motifs is 1. The zero-order chi connectivity index (χ0) is 25.0. The molecule has 1 aliphatic heterocycles. The summed E-state index contributed by atoms with van der Waals surface area (Å²) in [4.78, 5) is 32.3. The summed E-state index contributed by atoms with van der Waals surface area (Å²) in [6.07, 6.45) is 3.71. The fraction of sp³-hybridized carbons (Fsp3) is 0.667. The first kappa shape index (κ1) is 24.2. The van der Waals surface area contributed by atoms with E-state index in [1.807, 2.05) is 18.2 Å². The van der Waals surface area contributed by atoms with Crippen molar-refractivity contribution in [2.75, 3.05) is 13.1 Å². The number of nitrogens with zero attached hydrogens (tertiary/aromatic N) is 3. The lowest BCUT2D eigenvalue weighted by Gasteiger charge is -2.30. The zero-order valence-electron chi connectivity index (χ0n) is 20.9. The summed E-state index contributed by atoms with van der Waals surface area (Å²) in [7, 11) is 0. The van der Waals surface area contributed by atoms with Gasteiger partial charge in [0.2, 0.25) is 11.8 Å². The van der Waals surface area contributed by atoms with E-state index in [-0.39, 0.29) is 41.9 Å². The number of halogens is 2. The SMILES string of the molecule is CC(C)(C)c1nc2cc(C(=O)N3CCC(C(=O)NC4CC4)C3)ccc2n1CC1CCC(F)(F)CC1. The molecule has 190 valence electrons. The number of carbonyl (C=O) groups excluding carboxylic acids is 2. The molecule has 2 aromatic rings. The van der Waals surface area contributed by atoms with E-state index in [0.717, 1.165) is 29.7 Å². The molecule has 6 nitrogen and oxygen atoms in total. The predicted octanol–water partition coefficient (Wildman–Crippen LogP) is 4.90. The van der Waals surface area contributed by atoms with Crippen molar-refractivity contribution >= 4 is 22.8 Å². The first-order chi connectivity index (χ1) is 16.5. The maximum Gasteiger partial charge on any atom is 0.253 e. The summed E-state index contributed by atoms with van der Waals surface area (Å²) in [5.74, 6) is -1.59. The molecule has 1 saturated heterocycles. The maximum absolute atomic E-state index is 13.7. The number of aromatic nitrogens is 2. The standard InChI is InChI=1S/C27H36F2N4O2/c1-26(2,3)25-31-21-14-18(24(35)32-13-10-19(16-32)23(34)30-20-5-6-20)4-7-22(21)33(25)15-17-8-11-27(28,29)12-9-17/h4,7,14,17,19-20H,5-6,8-13,15-16H2,1-3H3,(H,30,34). The van der Waals surface area contributed by atoms with E-state index in [1.165, 1.54) is 0 Å². The minimum absolute atomic E-state index is 0.0523. The normalized spacial score (nSPS) is 23.1. The van der Waals surface area contributed by atoms with Gasteiger partial charge in [-0.2, -0.15) is 0 Å². The van der Waals surface area contributed by atoms with Crippen molar-refractivity contribution in [3.63, 3.8) is 0 Å². The van der Waals surface area contributed by atoms with E-state index in [9.17, 15) is 18.4 Å². The van der Waals surface area contributed by atoms with Crippen LogP contribution in [0.5, 0.6) is 0 Å². The fourth-order valence-corrected chi connectivity index (χ4v) is 5.45. The molecule has 3 fully saturated rings. The molecule has 3 aliphatic rings. The predicted molar refractivity (Wildman–Crippen MR) is 131 cm³/mol. The van der Waals surface area contributed by atoms with Crippen molar-refractivity contribution in [2.45, 2.75) is 89.6 Å². The lowest BCUT2D eigenvalue weighted by molar-refractivity contribution is -0.124.